The third-order valence-electron chi connectivity index (χ3n) is 4.03. The number of hydrogen-bond donors (Lipinski definition) is 0. The number of nitrogens with zero attached hydrogens (tertiary/aromatic N) is 3. The maximum atomic E-state index is 12.3. The minimum Gasteiger partial charge on any atom is -0.471 e. The van der Waals surface area contributed by atoms with Crippen molar-refractivity contribution in [2.24, 2.45) is 0 Å². The van der Waals surface area contributed by atoms with E-state index < -0.39 is 0 Å². The van der Waals surface area contributed by atoms with Gasteiger partial charge in [0.2, 0.25) is 11.8 Å². The summed E-state index contributed by atoms with van der Waals surface area (Å²) in [6, 6.07) is 8.32. The predicted molar refractivity (Wildman–Crippen MR) is 87.1 cm³/mol. The summed E-state index contributed by atoms with van der Waals surface area (Å²) in [5.41, 5.74) is 2.44. The van der Waals surface area contributed by atoms with Gasteiger partial charge in [-0.15, -0.1) is 0 Å². The van der Waals surface area contributed by atoms with Gasteiger partial charge in [0.1, 0.15) is 6.10 Å². The summed E-state index contributed by atoms with van der Waals surface area (Å²) in [4.78, 5) is 22.3. The Kier molecular flexibility index (Phi) is 4.86. The van der Waals surface area contributed by atoms with E-state index in [1.807, 2.05) is 11.0 Å². The van der Waals surface area contributed by atoms with Gasteiger partial charge >= 0.3 is 0 Å². The van der Waals surface area contributed by atoms with Crippen LogP contribution in [-0.2, 0) is 11.2 Å². The zero-order valence-electron chi connectivity index (χ0n) is 13.3. The maximum absolute atomic E-state index is 12.3. The van der Waals surface area contributed by atoms with E-state index in [9.17, 15) is 4.79 Å². The minimum atomic E-state index is 0.00891. The third-order valence-corrected chi connectivity index (χ3v) is 4.03. The van der Waals surface area contributed by atoms with Crippen LogP contribution in [0.3, 0.4) is 0 Å². The normalized spacial score (nSPS) is 17.3. The van der Waals surface area contributed by atoms with Gasteiger partial charge in [0.25, 0.3) is 0 Å². The number of aryl methyl sites for hydroxylation is 2. The van der Waals surface area contributed by atoms with E-state index in [1.165, 1.54) is 11.1 Å². The number of aromatic nitrogens is 2. The fraction of sp³-hybridized carbons (Fsp3) is 0.389. The number of benzene rings is 1. The first kappa shape index (κ1) is 15.5. The van der Waals surface area contributed by atoms with Crippen LogP contribution in [0.2, 0.25) is 0 Å². The van der Waals surface area contributed by atoms with Crippen molar-refractivity contribution in [2.75, 3.05) is 13.1 Å². The number of carbonyl (C=O) groups is 1. The predicted octanol–water partition coefficient (Wildman–Crippen LogP) is 2.40. The Morgan fingerprint density at radius 2 is 2.30 bits per heavy atom. The molecule has 0 spiro atoms. The van der Waals surface area contributed by atoms with E-state index in [4.69, 9.17) is 4.74 Å². The smallest absolute Gasteiger partial charge is 0.232 e. The molecule has 2 aromatic rings. The van der Waals surface area contributed by atoms with Crippen LogP contribution < -0.4 is 4.74 Å². The second kappa shape index (κ2) is 7.22. The number of rotatable bonds is 5. The van der Waals surface area contributed by atoms with E-state index in [-0.39, 0.29) is 12.0 Å². The van der Waals surface area contributed by atoms with Gasteiger partial charge in [-0.25, -0.2) is 4.98 Å². The van der Waals surface area contributed by atoms with Crippen LogP contribution >= 0.6 is 0 Å². The van der Waals surface area contributed by atoms with Gasteiger partial charge in [-0.2, -0.15) is 0 Å². The first-order valence-electron chi connectivity index (χ1n) is 7.97. The Bertz CT molecular complexity index is 660. The molecule has 5 heteroatoms. The molecule has 0 bridgehead atoms. The van der Waals surface area contributed by atoms with Crippen LogP contribution in [0.1, 0.15) is 24.0 Å². The second-order valence-electron chi connectivity index (χ2n) is 5.90. The Hall–Kier alpha value is -2.43. The summed E-state index contributed by atoms with van der Waals surface area (Å²) < 4.78 is 5.77. The Labute approximate surface area is 136 Å². The van der Waals surface area contributed by atoms with E-state index in [1.54, 1.807) is 18.6 Å². The number of carbonyl (C=O) groups excluding carboxylic acids is 1. The SMILES string of the molecule is Cc1cccc(CCC(=O)N2CC[C@@H](Oc3cnccn3)C2)c1. The first-order chi connectivity index (χ1) is 11.2. The fourth-order valence-electron chi connectivity index (χ4n) is 2.84. The zero-order chi connectivity index (χ0) is 16.1. The van der Waals surface area contributed by atoms with Crippen LogP contribution in [0.5, 0.6) is 5.88 Å². The van der Waals surface area contributed by atoms with E-state index in [0.29, 0.717) is 18.8 Å². The lowest BCUT2D eigenvalue weighted by Crippen LogP contribution is -2.31. The molecule has 0 radical (unpaired) electrons. The third kappa shape index (κ3) is 4.28. The second-order valence-corrected chi connectivity index (χ2v) is 5.90. The first-order valence-corrected chi connectivity index (χ1v) is 7.97. The molecule has 1 amide bonds. The molecule has 1 aromatic carbocycles. The van der Waals surface area contributed by atoms with Gasteiger partial charge < -0.3 is 9.64 Å². The van der Waals surface area contributed by atoms with Gasteiger partial charge in [-0.1, -0.05) is 29.8 Å². The molecule has 0 saturated carbocycles. The van der Waals surface area contributed by atoms with Crippen LogP contribution in [0.15, 0.2) is 42.9 Å². The Morgan fingerprint density at radius 1 is 1.39 bits per heavy atom. The van der Waals surface area contributed by atoms with Crippen LogP contribution in [0, 0.1) is 6.92 Å². The fourth-order valence-corrected chi connectivity index (χ4v) is 2.84. The maximum Gasteiger partial charge on any atom is 0.232 e. The van der Waals surface area contributed by atoms with Crippen molar-refractivity contribution >= 4 is 5.91 Å². The van der Waals surface area contributed by atoms with Gasteiger partial charge in [0, 0.05) is 31.8 Å². The summed E-state index contributed by atoms with van der Waals surface area (Å²) in [6.07, 6.45) is 7.00. The molecular weight excluding hydrogens is 290 g/mol. The van der Waals surface area contributed by atoms with E-state index in [0.717, 1.165) is 19.4 Å². The quantitative estimate of drug-likeness (QED) is 0.851. The topological polar surface area (TPSA) is 55.3 Å². The molecule has 1 saturated heterocycles. The lowest BCUT2D eigenvalue weighted by atomic mass is 10.1. The van der Waals surface area contributed by atoms with Crippen LogP contribution in [0.4, 0.5) is 0 Å². The Morgan fingerprint density at radius 3 is 3.09 bits per heavy atom. The summed E-state index contributed by atoms with van der Waals surface area (Å²) in [7, 11) is 0. The van der Waals surface area contributed by atoms with Crippen molar-refractivity contribution in [1.82, 2.24) is 14.9 Å². The van der Waals surface area contributed by atoms with E-state index in [2.05, 4.69) is 35.1 Å². The molecule has 2 heterocycles. The highest BCUT2D eigenvalue weighted by molar-refractivity contribution is 5.76. The summed E-state index contributed by atoms with van der Waals surface area (Å²) in [5, 5.41) is 0. The summed E-state index contributed by atoms with van der Waals surface area (Å²) in [5.74, 6) is 0.711. The number of amides is 1. The molecule has 120 valence electrons. The molecule has 1 atom stereocenters. The van der Waals surface area contributed by atoms with Crippen molar-refractivity contribution in [3.05, 3.63) is 54.0 Å². The average Bonchev–Trinajstić information content (AvgIpc) is 3.02. The van der Waals surface area contributed by atoms with Crippen molar-refractivity contribution < 1.29 is 9.53 Å². The molecule has 5 nitrogen and oxygen atoms in total. The van der Waals surface area contributed by atoms with Gasteiger partial charge in [0.15, 0.2) is 0 Å². The molecule has 23 heavy (non-hydrogen) atoms. The highest BCUT2D eigenvalue weighted by Crippen LogP contribution is 2.17. The van der Waals surface area contributed by atoms with Gasteiger partial charge in [0.05, 0.1) is 12.7 Å². The summed E-state index contributed by atoms with van der Waals surface area (Å²) in [6.45, 7) is 3.45. The molecule has 1 aromatic heterocycles. The molecule has 1 aliphatic rings. The van der Waals surface area contributed by atoms with Crippen molar-refractivity contribution in [1.29, 1.82) is 0 Å². The standard InChI is InChI=1S/C18H21N3O2/c1-14-3-2-4-15(11-14)5-6-18(22)21-10-7-16(13-21)23-17-12-19-8-9-20-17/h2-4,8-9,11-12,16H,5-7,10,13H2,1H3/t16-/m1/s1. The van der Waals surface area contributed by atoms with Crippen molar-refractivity contribution in [3.63, 3.8) is 0 Å². The van der Waals surface area contributed by atoms with Crippen LogP contribution in [-0.4, -0.2) is 40.0 Å². The lowest BCUT2D eigenvalue weighted by Gasteiger charge is -2.17. The Balaban J connectivity index is 1.47. The van der Waals surface area contributed by atoms with Gasteiger partial charge in [-0.05, 0) is 18.9 Å². The highest BCUT2D eigenvalue weighted by Gasteiger charge is 2.27. The number of ether oxygens (including phenoxy) is 1. The largest absolute Gasteiger partial charge is 0.471 e. The summed E-state index contributed by atoms with van der Waals surface area (Å²) >= 11 is 0. The molecule has 3 rings (SSSR count). The van der Waals surface area contributed by atoms with Crippen molar-refractivity contribution in [2.45, 2.75) is 32.3 Å². The highest BCUT2D eigenvalue weighted by atomic mass is 16.5. The number of likely N-dealkylation sites (tertiary alicyclic amines) is 1. The molecule has 0 unspecified atom stereocenters. The minimum absolute atomic E-state index is 0.00891. The zero-order valence-corrected chi connectivity index (χ0v) is 13.3. The molecule has 0 aliphatic carbocycles. The van der Waals surface area contributed by atoms with Crippen LogP contribution in [0.25, 0.3) is 0 Å². The van der Waals surface area contributed by atoms with E-state index >= 15 is 0 Å². The molecule has 1 fully saturated rings. The van der Waals surface area contributed by atoms with Crippen molar-refractivity contribution in [3.8, 4) is 5.88 Å². The monoisotopic (exact) mass is 311 g/mol. The average molecular weight is 311 g/mol. The molecular formula is C18H21N3O2. The number of hydrogen-bond acceptors (Lipinski definition) is 4. The molecule has 1 aliphatic heterocycles. The molecule has 0 N–H and O–H groups in total. The lowest BCUT2D eigenvalue weighted by molar-refractivity contribution is -0.130. The van der Waals surface area contributed by atoms with Gasteiger partial charge in [-0.3, -0.25) is 9.78 Å².